The van der Waals surface area contributed by atoms with Crippen molar-refractivity contribution in [2.24, 2.45) is 0 Å². The van der Waals surface area contributed by atoms with Crippen LogP contribution in [0, 0.1) is 0 Å². The van der Waals surface area contributed by atoms with Crippen molar-refractivity contribution < 1.29 is 19.1 Å². The number of nitrogens with one attached hydrogen (secondary N) is 2. The van der Waals surface area contributed by atoms with E-state index < -0.39 is 5.91 Å². The molecular weight excluding hydrogens is 411 g/mol. The summed E-state index contributed by atoms with van der Waals surface area (Å²) in [5, 5.41) is 1.03. The molecule has 0 fully saturated rings. The number of halogens is 2. The molecule has 2 amide bonds. The lowest BCUT2D eigenvalue weighted by Gasteiger charge is -2.12. The SMILES string of the molecule is CCOc1ccccc1OCC(=O)NNC(=O)CSc1cc(Cl)ccc1Cl. The average Bonchev–Trinajstić information content (AvgIpc) is 2.66. The van der Waals surface area contributed by atoms with E-state index in [9.17, 15) is 9.59 Å². The summed E-state index contributed by atoms with van der Waals surface area (Å²) in [7, 11) is 0. The van der Waals surface area contributed by atoms with Crippen molar-refractivity contribution in [1.29, 1.82) is 0 Å². The molecule has 6 nitrogen and oxygen atoms in total. The van der Waals surface area contributed by atoms with Gasteiger partial charge in [-0.05, 0) is 37.3 Å². The fourth-order valence-corrected chi connectivity index (χ4v) is 3.22. The Morgan fingerprint density at radius 2 is 1.67 bits per heavy atom. The predicted molar refractivity (Wildman–Crippen MR) is 107 cm³/mol. The lowest BCUT2D eigenvalue weighted by atomic mass is 10.3. The number of hydrogen-bond donors (Lipinski definition) is 2. The van der Waals surface area contributed by atoms with Gasteiger partial charge in [0.2, 0.25) is 5.91 Å². The molecule has 0 saturated carbocycles. The van der Waals surface area contributed by atoms with Crippen LogP contribution < -0.4 is 20.3 Å². The molecule has 2 rings (SSSR count). The van der Waals surface area contributed by atoms with Crippen LogP contribution in [0.5, 0.6) is 11.5 Å². The summed E-state index contributed by atoms with van der Waals surface area (Å²) in [6.45, 7) is 2.07. The second-order valence-corrected chi connectivity index (χ2v) is 6.99. The molecule has 144 valence electrons. The van der Waals surface area contributed by atoms with Gasteiger partial charge in [0.15, 0.2) is 18.1 Å². The van der Waals surface area contributed by atoms with Gasteiger partial charge in [-0.25, -0.2) is 0 Å². The topological polar surface area (TPSA) is 76.7 Å². The van der Waals surface area contributed by atoms with Crippen LogP contribution in [0.15, 0.2) is 47.4 Å². The van der Waals surface area contributed by atoms with Crippen LogP contribution in [0.4, 0.5) is 0 Å². The summed E-state index contributed by atoms with van der Waals surface area (Å²) in [5.41, 5.74) is 4.61. The minimum absolute atomic E-state index is 0.0639. The maximum atomic E-state index is 11.8. The van der Waals surface area contributed by atoms with Crippen LogP contribution >= 0.6 is 35.0 Å². The number of benzene rings is 2. The molecule has 0 spiro atoms. The van der Waals surface area contributed by atoms with Gasteiger partial charge in [-0.3, -0.25) is 20.4 Å². The maximum Gasteiger partial charge on any atom is 0.276 e. The van der Waals surface area contributed by atoms with Gasteiger partial charge in [0.1, 0.15) is 0 Å². The second-order valence-electron chi connectivity index (χ2n) is 5.13. The molecule has 0 bridgehead atoms. The maximum absolute atomic E-state index is 11.8. The highest BCUT2D eigenvalue weighted by atomic mass is 35.5. The number of thioether (sulfide) groups is 1. The summed E-state index contributed by atoms with van der Waals surface area (Å²) >= 11 is 13.1. The molecule has 0 saturated heterocycles. The minimum atomic E-state index is -0.500. The number of hydrazine groups is 1. The molecule has 27 heavy (non-hydrogen) atoms. The summed E-state index contributed by atoms with van der Waals surface area (Å²) in [6.07, 6.45) is 0. The van der Waals surface area contributed by atoms with E-state index in [1.165, 1.54) is 11.8 Å². The highest BCUT2D eigenvalue weighted by Gasteiger charge is 2.10. The van der Waals surface area contributed by atoms with Crippen molar-refractivity contribution in [3.05, 3.63) is 52.5 Å². The molecule has 0 aliphatic rings. The van der Waals surface area contributed by atoms with Crippen molar-refractivity contribution in [1.82, 2.24) is 10.9 Å². The smallest absolute Gasteiger partial charge is 0.276 e. The normalized spacial score (nSPS) is 10.2. The van der Waals surface area contributed by atoms with Gasteiger partial charge >= 0.3 is 0 Å². The highest BCUT2D eigenvalue weighted by Crippen LogP contribution is 2.29. The summed E-state index contributed by atoms with van der Waals surface area (Å²) in [4.78, 5) is 24.4. The molecule has 2 aromatic rings. The van der Waals surface area contributed by atoms with Gasteiger partial charge in [-0.1, -0.05) is 35.3 Å². The van der Waals surface area contributed by atoms with Gasteiger partial charge in [0.25, 0.3) is 5.91 Å². The Hall–Kier alpha value is -2.09. The summed E-state index contributed by atoms with van der Waals surface area (Å²) < 4.78 is 10.8. The first-order valence-corrected chi connectivity index (χ1v) is 9.74. The lowest BCUT2D eigenvalue weighted by molar-refractivity contribution is -0.128. The fraction of sp³-hybridized carbons (Fsp3) is 0.222. The number of hydrogen-bond acceptors (Lipinski definition) is 5. The van der Waals surface area contributed by atoms with Gasteiger partial charge < -0.3 is 9.47 Å². The number of para-hydroxylation sites is 2. The van der Waals surface area contributed by atoms with Crippen LogP contribution in [-0.4, -0.2) is 30.8 Å². The molecule has 0 aromatic heterocycles. The fourth-order valence-electron chi connectivity index (χ4n) is 1.93. The van der Waals surface area contributed by atoms with Crippen LogP contribution in [0.1, 0.15) is 6.92 Å². The van der Waals surface area contributed by atoms with Crippen LogP contribution in [0.25, 0.3) is 0 Å². The van der Waals surface area contributed by atoms with Gasteiger partial charge in [-0.15, -0.1) is 11.8 Å². The third-order valence-electron chi connectivity index (χ3n) is 3.10. The second kappa shape index (κ2) is 10.9. The number of rotatable bonds is 8. The molecule has 0 unspecified atom stereocenters. The highest BCUT2D eigenvalue weighted by molar-refractivity contribution is 8.00. The Bertz CT molecular complexity index is 805. The molecule has 0 heterocycles. The van der Waals surface area contributed by atoms with Crippen LogP contribution in [0.2, 0.25) is 10.0 Å². The minimum Gasteiger partial charge on any atom is -0.490 e. The Morgan fingerprint density at radius 1 is 1.00 bits per heavy atom. The number of amides is 2. The Labute approximate surface area is 171 Å². The van der Waals surface area contributed by atoms with Crippen molar-refractivity contribution in [3.63, 3.8) is 0 Å². The van der Waals surface area contributed by atoms with E-state index in [0.29, 0.717) is 33.0 Å². The third-order valence-corrected chi connectivity index (χ3v) is 4.83. The monoisotopic (exact) mass is 428 g/mol. The number of carbonyl (C=O) groups is 2. The molecule has 2 N–H and O–H groups in total. The molecule has 2 aromatic carbocycles. The van der Waals surface area contributed by atoms with Gasteiger partial charge in [0.05, 0.1) is 17.4 Å². The molecule has 0 radical (unpaired) electrons. The quantitative estimate of drug-likeness (QED) is 0.494. The van der Waals surface area contributed by atoms with E-state index in [4.69, 9.17) is 32.7 Å². The first-order valence-electron chi connectivity index (χ1n) is 7.99. The summed E-state index contributed by atoms with van der Waals surface area (Å²) in [6, 6.07) is 12.0. The Kier molecular flexibility index (Phi) is 8.57. The van der Waals surface area contributed by atoms with E-state index in [2.05, 4.69) is 10.9 Å². The molecule has 0 aliphatic heterocycles. The predicted octanol–water partition coefficient (Wildman–Crippen LogP) is 3.71. The standard InChI is InChI=1S/C18H18Cl2N2O4S/c1-2-25-14-5-3-4-6-15(14)26-10-17(23)21-22-18(24)11-27-16-9-12(19)7-8-13(16)20/h3-9H,2,10-11H2,1H3,(H,21,23)(H,22,24). The largest absolute Gasteiger partial charge is 0.490 e. The van der Waals surface area contributed by atoms with E-state index in [1.54, 1.807) is 36.4 Å². The first kappa shape index (κ1) is 21.2. The molecule has 0 aliphatic carbocycles. The Balaban J connectivity index is 1.73. The number of carbonyl (C=O) groups excluding carboxylic acids is 2. The van der Waals surface area contributed by atoms with Crippen LogP contribution in [-0.2, 0) is 9.59 Å². The van der Waals surface area contributed by atoms with Gasteiger partial charge in [0, 0.05) is 9.92 Å². The lowest BCUT2D eigenvalue weighted by Crippen LogP contribution is -2.44. The zero-order chi connectivity index (χ0) is 19.6. The number of ether oxygens (including phenoxy) is 2. The van der Waals surface area contributed by atoms with Crippen molar-refractivity contribution in [2.45, 2.75) is 11.8 Å². The van der Waals surface area contributed by atoms with E-state index >= 15 is 0 Å². The van der Waals surface area contributed by atoms with Crippen LogP contribution in [0.3, 0.4) is 0 Å². The summed E-state index contributed by atoms with van der Waals surface area (Å²) in [5.74, 6) is 0.173. The average molecular weight is 429 g/mol. The van der Waals surface area contributed by atoms with E-state index in [1.807, 2.05) is 13.0 Å². The van der Waals surface area contributed by atoms with Gasteiger partial charge in [-0.2, -0.15) is 0 Å². The van der Waals surface area contributed by atoms with E-state index in [0.717, 1.165) is 0 Å². The van der Waals surface area contributed by atoms with Crippen molar-refractivity contribution in [3.8, 4) is 11.5 Å². The van der Waals surface area contributed by atoms with Crippen molar-refractivity contribution >= 4 is 46.8 Å². The molecule has 9 heteroatoms. The molecule has 0 atom stereocenters. The zero-order valence-electron chi connectivity index (χ0n) is 14.5. The first-order chi connectivity index (χ1) is 13.0. The van der Waals surface area contributed by atoms with Crippen molar-refractivity contribution in [2.75, 3.05) is 19.0 Å². The zero-order valence-corrected chi connectivity index (χ0v) is 16.8. The Morgan fingerprint density at radius 3 is 2.37 bits per heavy atom. The van der Waals surface area contributed by atoms with E-state index in [-0.39, 0.29) is 18.3 Å². The third kappa shape index (κ3) is 7.21. The molecular formula is C18H18Cl2N2O4S.